The monoisotopic (exact) mass is 267 g/mol. The normalized spacial score (nSPS) is 27.5. The Labute approximate surface area is 112 Å². The molecule has 0 spiro atoms. The van der Waals surface area contributed by atoms with Crippen molar-refractivity contribution in [2.24, 2.45) is 0 Å². The smallest absolute Gasteiger partial charge is 0.137 e. The van der Waals surface area contributed by atoms with Crippen LogP contribution < -0.4 is 5.32 Å². The van der Waals surface area contributed by atoms with Gasteiger partial charge in [0, 0.05) is 18.1 Å². The highest BCUT2D eigenvalue weighted by Gasteiger charge is 2.29. The van der Waals surface area contributed by atoms with E-state index in [1.165, 1.54) is 12.8 Å². The highest BCUT2D eigenvalue weighted by molar-refractivity contribution is 6.30. The fourth-order valence-corrected chi connectivity index (χ4v) is 2.44. The van der Waals surface area contributed by atoms with Crippen LogP contribution in [0.2, 0.25) is 5.15 Å². The van der Waals surface area contributed by atoms with Crippen molar-refractivity contribution >= 4 is 17.4 Å². The van der Waals surface area contributed by atoms with Crippen molar-refractivity contribution in [2.45, 2.75) is 51.2 Å². The second-order valence-corrected chi connectivity index (χ2v) is 5.59. The molecule has 0 aromatic carbocycles. The first-order valence-corrected chi connectivity index (χ1v) is 6.95. The van der Waals surface area contributed by atoms with E-state index in [2.05, 4.69) is 22.2 Å². The number of anilines is 1. The molecule has 0 amide bonds. The Morgan fingerprint density at radius 1 is 1.28 bits per heavy atom. The molecule has 18 heavy (non-hydrogen) atoms. The molecule has 1 aliphatic carbocycles. The Balaban J connectivity index is 1.85. The SMILES string of the molecule is Cc1c(Cl)nc(C2CC2)nc1NC1CCOC1C. The minimum atomic E-state index is 0.225. The van der Waals surface area contributed by atoms with Crippen molar-refractivity contribution in [1.29, 1.82) is 0 Å². The average molecular weight is 268 g/mol. The predicted octanol–water partition coefficient (Wildman–Crippen LogP) is 2.91. The maximum absolute atomic E-state index is 6.19. The summed E-state index contributed by atoms with van der Waals surface area (Å²) in [6.07, 6.45) is 3.60. The quantitative estimate of drug-likeness (QED) is 0.856. The molecule has 98 valence electrons. The van der Waals surface area contributed by atoms with E-state index in [1.807, 2.05) is 6.92 Å². The second-order valence-electron chi connectivity index (χ2n) is 5.24. The molecule has 4 nitrogen and oxygen atoms in total. The molecule has 0 bridgehead atoms. The molecular formula is C13H18ClN3O. The summed E-state index contributed by atoms with van der Waals surface area (Å²) in [6, 6.07) is 0.321. The van der Waals surface area contributed by atoms with Crippen LogP contribution in [0, 0.1) is 6.92 Å². The zero-order valence-corrected chi connectivity index (χ0v) is 11.5. The first kappa shape index (κ1) is 12.2. The summed E-state index contributed by atoms with van der Waals surface area (Å²) in [5, 5.41) is 4.03. The third-order valence-corrected chi connectivity index (χ3v) is 4.11. The van der Waals surface area contributed by atoms with Crippen molar-refractivity contribution in [2.75, 3.05) is 11.9 Å². The zero-order chi connectivity index (χ0) is 12.7. The highest BCUT2D eigenvalue weighted by atomic mass is 35.5. The Morgan fingerprint density at radius 3 is 2.67 bits per heavy atom. The maximum Gasteiger partial charge on any atom is 0.137 e. The molecule has 1 aliphatic heterocycles. The lowest BCUT2D eigenvalue weighted by atomic mass is 10.1. The molecule has 2 fully saturated rings. The average Bonchev–Trinajstić information content (AvgIpc) is 3.11. The highest BCUT2D eigenvalue weighted by Crippen LogP contribution is 2.39. The van der Waals surface area contributed by atoms with Gasteiger partial charge in [-0.2, -0.15) is 0 Å². The van der Waals surface area contributed by atoms with Gasteiger partial charge in [0.15, 0.2) is 0 Å². The summed E-state index contributed by atoms with van der Waals surface area (Å²) in [7, 11) is 0. The largest absolute Gasteiger partial charge is 0.376 e. The number of rotatable bonds is 3. The Hall–Kier alpha value is -0.870. The Kier molecular flexibility index (Phi) is 3.16. The predicted molar refractivity (Wildman–Crippen MR) is 71.2 cm³/mol. The topological polar surface area (TPSA) is 47.0 Å². The van der Waals surface area contributed by atoms with Gasteiger partial charge in [0.1, 0.15) is 16.8 Å². The van der Waals surface area contributed by atoms with Crippen LogP contribution >= 0.6 is 11.6 Å². The van der Waals surface area contributed by atoms with Crippen LogP contribution in [0.25, 0.3) is 0 Å². The van der Waals surface area contributed by atoms with Gasteiger partial charge >= 0.3 is 0 Å². The third kappa shape index (κ3) is 2.31. The van der Waals surface area contributed by atoms with Gasteiger partial charge in [0.2, 0.25) is 0 Å². The van der Waals surface area contributed by atoms with E-state index in [0.29, 0.717) is 17.1 Å². The molecule has 1 aromatic heterocycles. The first-order valence-electron chi connectivity index (χ1n) is 6.57. The Morgan fingerprint density at radius 2 is 2.06 bits per heavy atom. The molecule has 2 atom stereocenters. The van der Waals surface area contributed by atoms with Gasteiger partial charge in [-0.25, -0.2) is 9.97 Å². The molecule has 1 N–H and O–H groups in total. The van der Waals surface area contributed by atoms with E-state index >= 15 is 0 Å². The molecule has 2 aliphatic rings. The molecular weight excluding hydrogens is 250 g/mol. The van der Waals surface area contributed by atoms with Crippen LogP contribution in [-0.4, -0.2) is 28.7 Å². The number of nitrogens with zero attached hydrogens (tertiary/aromatic N) is 2. The fraction of sp³-hybridized carbons (Fsp3) is 0.692. The molecule has 2 heterocycles. The van der Waals surface area contributed by atoms with Gasteiger partial charge in [0.05, 0.1) is 12.1 Å². The van der Waals surface area contributed by atoms with E-state index in [1.54, 1.807) is 0 Å². The Bertz CT molecular complexity index is 462. The summed E-state index contributed by atoms with van der Waals surface area (Å²) in [6.45, 7) is 4.86. The van der Waals surface area contributed by atoms with E-state index in [-0.39, 0.29) is 6.10 Å². The third-order valence-electron chi connectivity index (χ3n) is 3.74. The van der Waals surface area contributed by atoms with E-state index in [4.69, 9.17) is 16.3 Å². The van der Waals surface area contributed by atoms with Crippen molar-refractivity contribution in [3.05, 3.63) is 16.5 Å². The molecule has 1 aromatic rings. The minimum absolute atomic E-state index is 0.225. The van der Waals surface area contributed by atoms with Crippen LogP contribution in [0.5, 0.6) is 0 Å². The van der Waals surface area contributed by atoms with E-state index in [0.717, 1.165) is 30.2 Å². The van der Waals surface area contributed by atoms with Crippen molar-refractivity contribution < 1.29 is 4.74 Å². The summed E-state index contributed by atoms with van der Waals surface area (Å²) < 4.78 is 5.56. The van der Waals surface area contributed by atoms with Gasteiger partial charge in [0.25, 0.3) is 0 Å². The fourth-order valence-electron chi connectivity index (χ4n) is 2.27. The zero-order valence-electron chi connectivity index (χ0n) is 10.7. The molecule has 0 radical (unpaired) electrons. The summed E-state index contributed by atoms with van der Waals surface area (Å²) in [5.41, 5.74) is 0.931. The standard InChI is InChI=1S/C13H18ClN3O/c1-7-11(14)16-13(9-3-4-9)17-12(7)15-10-5-6-18-8(10)2/h8-10H,3-6H2,1-2H3,(H,15,16,17). The molecule has 2 unspecified atom stereocenters. The second kappa shape index (κ2) is 4.67. The maximum atomic E-state index is 6.19. The van der Waals surface area contributed by atoms with Crippen LogP contribution in [0.15, 0.2) is 0 Å². The van der Waals surface area contributed by atoms with Crippen molar-refractivity contribution in [3.63, 3.8) is 0 Å². The lowest BCUT2D eigenvalue weighted by molar-refractivity contribution is 0.121. The number of nitrogens with one attached hydrogen (secondary N) is 1. The number of halogens is 1. The number of aromatic nitrogens is 2. The van der Waals surface area contributed by atoms with Crippen molar-refractivity contribution in [3.8, 4) is 0 Å². The summed E-state index contributed by atoms with van der Waals surface area (Å²) >= 11 is 6.19. The van der Waals surface area contributed by atoms with Crippen LogP contribution in [-0.2, 0) is 4.74 Å². The number of hydrogen-bond acceptors (Lipinski definition) is 4. The lowest BCUT2D eigenvalue weighted by Crippen LogP contribution is -2.27. The molecule has 3 rings (SSSR count). The van der Waals surface area contributed by atoms with E-state index < -0.39 is 0 Å². The van der Waals surface area contributed by atoms with E-state index in [9.17, 15) is 0 Å². The molecule has 5 heteroatoms. The number of hydrogen-bond donors (Lipinski definition) is 1. The van der Waals surface area contributed by atoms with Crippen LogP contribution in [0.3, 0.4) is 0 Å². The van der Waals surface area contributed by atoms with Crippen LogP contribution in [0.1, 0.15) is 43.5 Å². The van der Waals surface area contributed by atoms with Gasteiger partial charge in [-0.05, 0) is 33.1 Å². The minimum Gasteiger partial charge on any atom is -0.376 e. The van der Waals surface area contributed by atoms with Gasteiger partial charge in [-0.3, -0.25) is 0 Å². The molecule has 1 saturated carbocycles. The van der Waals surface area contributed by atoms with Gasteiger partial charge < -0.3 is 10.1 Å². The van der Waals surface area contributed by atoms with Gasteiger partial charge in [-0.1, -0.05) is 11.6 Å². The first-order chi connectivity index (χ1) is 8.65. The number of ether oxygens (including phenoxy) is 1. The molecule has 1 saturated heterocycles. The summed E-state index contributed by atoms with van der Waals surface area (Å²) in [4.78, 5) is 9.00. The van der Waals surface area contributed by atoms with Gasteiger partial charge in [-0.15, -0.1) is 0 Å². The van der Waals surface area contributed by atoms with Crippen LogP contribution in [0.4, 0.5) is 5.82 Å². The lowest BCUT2D eigenvalue weighted by Gasteiger charge is -2.19. The summed E-state index contributed by atoms with van der Waals surface area (Å²) in [5.74, 6) is 2.28. The van der Waals surface area contributed by atoms with Crippen molar-refractivity contribution in [1.82, 2.24) is 9.97 Å².